The van der Waals surface area contributed by atoms with Crippen molar-refractivity contribution in [1.82, 2.24) is 4.98 Å². The number of rotatable bonds is 1. The minimum absolute atomic E-state index is 1.16. The zero-order valence-corrected chi connectivity index (χ0v) is 8.27. The average molecular weight is 193 g/mol. The summed E-state index contributed by atoms with van der Waals surface area (Å²) in [5.41, 5.74) is 4.93. The maximum atomic E-state index is 3.31. The van der Waals surface area contributed by atoms with Crippen LogP contribution in [-0.2, 0) is 0 Å². The van der Waals surface area contributed by atoms with Crippen LogP contribution in [0.2, 0.25) is 0 Å². The van der Waals surface area contributed by atoms with Gasteiger partial charge in [-0.15, -0.1) is 0 Å². The largest absolute Gasteiger partial charge is 0.361 e. The Bertz CT molecular complexity index is 536. The van der Waals surface area contributed by atoms with Gasteiger partial charge in [0.1, 0.15) is 0 Å². The molecule has 1 N–H and O–H groups in total. The number of benzene rings is 1. The molecule has 0 unspecified atom stereocenters. The summed E-state index contributed by atoms with van der Waals surface area (Å²) in [6, 6.07) is 18.9. The van der Waals surface area contributed by atoms with E-state index in [0.29, 0.717) is 0 Å². The van der Waals surface area contributed by atoms with Gasteiger partial charge in [0.2, 0.25) is 0 Å². The van der Waals surface area contributed by atoms with Gasteiger partial charge in [0, 0.05) is 11.9 Å². The third kappa shape index (κ3) is 1.42. The van der Waals surface area contributed by atoms with E-state index >= 15 is 0 Å². The summed E-state index contributed by atoms with van der Waals surface area (Å²) >= 11 is 0. The highest BCUT2D eigenvalue weighted by molar-refractivity contribution is 5.72. The molecule has 1 nitrogen and oxygen atoms in total. The lowest BCUT2D eigenvalue weighted by Crippen LogP contribution is -1.84. The van der Waals surface area contributed by atoms with Gasteiger partial charge in [-0.25, -0.2) is 0 Å². The van der Waals surface area contributed by atoms with Crippen LogP contribution in [0.15, 0.2) is 60.8 Å². The van der Waals surface area contributed by atoms with Gasteiger partial charge >= 0.3 is 0 Å². The molecular formula is C14H11N. The minimum atomic E-state index is 1.16. The van der Waals surface area contributed by atoms with E-state index in [-0.39, 0.29) is 0 Å². The van der Waals surface area contributed by atoms with E-state index in [2.05, 4.69) is 59.7 Å². The van der Waals surface area contributed by atoms with Crippen LogP contribution in [0.4, 0.5) is 0 Å². The smallest absolute Gasteiger partial charge is 0.0459 e. The second-order valence-corrected chi connectivity index (χ2v) is 3.65. The zero-order chi connectivity index (χ0) is 10.1. The summed E-state index contributed by atoms with van der Waals surface area (Å²) in [7, 11) is 0. The van der Waals surface area contributed by atoms with Crippen LogP contribution in [-0.4, -0.2) is 4.98 Å². The molecule has 1 aliphatic carbocycles. The number of fused-ring (bicyclic) bond motifs is 1. The van der Waals surface area contributed by atoms with Gasteiger partial charge in [-0.05, 0) is 22.8 Å². The van der Waals surface area contributed by atoms with E-state index < -0.39 is 0 Å². The first-order valence-corrected chi connectivity index (χ1v) is 5.06. The molecule has 1 aliphatic heterocycles. The van der Waals surface area contributed by atoms with E-state index in [1.807, 2.05) is 6.07 Å². The summed E-state index contributed by atoms with van der Waals surface area (Å²) in [5.74, 6) is 0. The minimum Gasteiger partial charge on any atom is -0.361 e. The maximum Gasteiger partial charge on any atom is 0.0459 e. The van der Waals surface area contributed by atoms with Crippen molar-refractivity contribution in [2.75, 3.05) is 0 Å². The Morgan fingerprint density at radius 2 is 1.40 bits per heavy atom. The monoisotopic (exact) mass is 193 g/mol. The van der Waals surface area contributed by atoms with Crippen LogP contribution >= 0.6 is 0 Å². The Morgan fingerprint density at radius 3 is 2.27 bits per heavy atom. The Labute approximate surface area is 88.7 Å². The van der Waals surface area contributed by atoms with Crippen molar-refractivity contribution >= 4 is 0 Å². The number of pyridine rings is 1. The van der Waals surface area contributed by atoms with Crippen LogP contribution in [0.3, 0.4) is 0 Å². The van der Waals surface area contributed by atoms with Crippen LogP contribution in [0.5, 0.6) is 0 Å². The topological polar surface area (TPSA) is 15.8 Å². The highest BCUT2D eigenvalue weighted by Gasteiger charge is 2.03. The molecule has 0 saturated heterocycles. The van der Waals surface area contributed by atoms with Gasteiger partial charge in [-0.2, -0.15) is 0 Å². The Balaban J connectivity index is 2.17. The molecule has 1 heteroatoms. The van der Waals surface area contributed by atoms with Crippen LogP contribution in [0.1, 0.15) is 0 Å². The lowest BCUT2D eigenvalue weighted by molar-refractivity contribution is 1.33. The molecule has 3 rings (SSSR count). The molecule has 0 aromatic heterocycles. The van der Waals surface area contributed by atoms with Crippen LogP contribution in [0.25, 0.3) is 22.4 Å². The Hall–Kier alpha value is -2.02. The van der Waals surface area contributed by atoms with Gasteiger partial charge in [0.25, 0.3) is 0 Å². The highest BCUT2D eigenvalue weighted by atomic mass is 14.7. The summed E-state index contributed by atoms with van der Waals surface area (Å²) in [5, 5.41) is 0. The van der Waals surface area contributed by atoms with E-state index in [4.69, 9.17) is 0 Å². The van der Waals surface area contributed by atoms with Crippen LogP contribution in [0, 0.1) is 0 Å². The number of H-pyrrole nitrogens is 1. The molecular weight excluding hydrogens is 182 g/mol. The number of hydrogen-bond acceptors (Lipinski definition) is 0. The molecule has 0 spiro atoms. The second kappa shape index (κ2) is 3.28. The molecule has 72 valence electrons. The predicted octanol–water partition coefficient (Wildman–Crippen LogP) is 3.79. The van der Waals surface area contributed by atoms with Gasteiger partial charge in [0.15, 0.2) is 0 Å². The van der Waals surface area contributed by atoms with Gasteiger partial charge < -0.3 is 4.98 Å². The van der Waals surface area contributed by atoms with Crippen molar-refractivity contribution in [3.8, 4) is 22.4 Å². The molecule has 0 fully saturated rings. The second-order valence-electron chi connectivity index (χ2n) is 3.65. The molecule has 15 heavy (non-hydrogen) atoms. The third-order valence-electron chi connectivity index (χ3n) is 2.65. The summed E-state index contributed by atoms with van der Waals surface area (Å²) in [6.45, 7) is 0. The van der Waals surface area contributed by atoms with Crippen molar-refractivity contribution in [2.45, 2.75) is 0 Å². The SMILES string of the molecule is c1ccc(-c2cc3cccc-3c[nH]2)cc1. The molecule has 0 atom stereocenters. The quantitative estimate of drug-likeness (QED) is 0.605. The first-order valence-electron chi connectivity index (χ1n) is 5.06. The number of aromatic nitrogens is 1. The van der Waals surface area contributed by atoms with Crippen molar-refractivity contribution in [2.24, 2.45) is 0 Å². The summed E-state index contributed by atoms with van der Waals surface area (Å²) in [4.78, 5) is 3.31. The van der Waals surface area contributed by atoms with Gasteiger partial charge in [0.05, 0.1) is 0 Å². The number of nitrogens with one attached hydrogen (secondary N) is 1. The van der Waals surface area contributed by atoms with Crippen molar-refractivity contribution < 1.29 is 0 Å². The lowest BCUT2D eigenvalue weighted by atomic mass is 10.1. The fourth-order valence-corrected chi connectivity index (χ4v) is 1.85. The van der Waals surface area contributed by atoms with Crippen molar-refractivity contribution in [3.63, 3.8) is 0 Å². The molecule has 1 heterocycles. The molecule has 0 radical (unpaired) electrons. The van der Waals surface area contributed by atoms with Gasteiger partial charge in [-0.1, -0.05) is 48.5 Å². The number of aromatic amines is 1. The molecule has 0 bridgehead atoms. The van der Waals surface area contributed by atoms with Gasteiger partial charge in [-0.3, -0.25) is 0 Å². The molecule has 0 saturated carbocycles. The Morgan fingerprint density at radius 1 is 0.667 bits per heavy atom. The molecule has 1 aromatic rings. The fraction of sp³-hybridized carbons (Fsp3) is 0. The van der Waals surface area contributed by atoms with Crippen molar-refractivity contribution in [1.29, 1.82) is 0 Å². The lowest BCUT2D eigenvalue weighted by Gasteiger charge is -2.05. The molecule has 2 aliphatic rings. The molecule has 1 aromatic carbocycles. The van der Waals surface area contributed by atoms with E-state index in [1.165, 1.54) is 16.7 Å². The summed E-state index contributed by atoms with van der Waals surface area (Å²) in [6.07, 6.45) is 2.05. The van der Waals surface area contributed by atoms with E-state index in [1.54, 1.807) is 0 Å². The normalized spacial score (nSPS) is 10.7. The van der Waals surface area contributed by atoms with E-state index in [0.717, 1.165) is 5.69 Å². The van der Waals surface area contributed by atoms with E-state index in [9.17, 15) is 0 Å². The third-order valence-corrected chi connectivity index (χ3v) is 2.65. The molecule has 0 amide bonds. The maximum absolute atomic E-state index is 3.31. The first-order chi connectivity index (χ1) is 7.43. The van der Waals surface area contributed by atoms with Crippen molar-refractivity contribution in [3.05, 3.63) is 60.8 Å². The standard InChI is InChI=1S/C14H11N/c1-2-5-11(6-3-1)14-9-12-7-4-8-13(12)10-15-14/h1-10,15H. The number of hydrogen-bond donors (Lipinski definition) is 1. The average Bonchev–Trinajstić information content (AvgIpc) is 2.77. The summed E-state index contributed by atoms with van der Waals surface area (Å²) < 4.78 is 0. The first kappa shape index (κ1) is 8.30. The predicted molar refractivity (Wildman–Crippen MR) is 62.9 cm³/mol. The van der Waals surface area contributed by atoms with Crippen LogP contribution < -0.4 is 0 Å². The zero-order valence-electron chi connectivity index (χ0n) is 8.27. The fourth-order valence-electron chi connectivity index (χ4n) is 1.85. The Kier molecular flexibility index (Phi) is 1.82. The highest BCUT2D eigenvalue weighted by Crippen LogP contribution is 2.26.